The van der Waals surface area contributed by atoms with Crippen LogP contribution in [0.25, 0.3) is 6.20 Å². The maximum absolute atomic E-state index is 11.8. The van der Waals surface area contributed by atoms with Crippen LogP contribution in [0.5, 0.6) is 0 Å². The lowest BCUT2D eigenvalue weighted by molar-refractivity contribution is -0.0980. The van der Waals surface area contributed by atoms with Gasteiger partial charge in [-0.05, 0) is 65.2 Å². The van der Waals surface area contributed by atoms with Gasteiger partial charge in [0.2, 0.25) is 0 Å². The molecule has 1 saturated heterocycles. The second-order valence-corrected chi connectivity index (χ2v) is 7.93. The number of nitrogens with two attached hydrogens (primary N) is 1. The van der Waals surface area contributed by atoms with E-state index in [1.807, 2.05) is 31.6 Å². The van der Waals surface area contributed by atoms with Gasteiger partial charge in [-0.25, -0.2) is 14.2 Å². The number of aromatic nitrogens is 2. The summed E-state index contributed by atoms with van der Waals surface area (Å²) in [6.07, 6.45) is 9.61. The third-order valence-corrected chi connectivity index (χ3v) is 4.73. The van der Waals surface area contributed by atoms with Gasteiger partial charge >= 0.3 is 6.03 Å². The first-order chi connectivity index (χ1) is 17.6. The molecule has 0 aliphatic carbocycles. The van der Waals surface area contributed by atoms with E-state index >= 15 is 0 Å². The number of nitrogens with zero attached hydrogens (tertiary/aromatic N) is 3. The zero-order chi connectivity index (χ0) is 28.8. The highest BCUT2D eigenvalue weighted by atomic mass is 35.5. The molecule has 2 amide bonds. The molecule has 2 aromatic rings. The molecule has 0 saturated carbocycles. The number of hydrogen-bond acceptors (Lipinski definition) is 5. The number of anilines is 1. The summed E-state index contributed by atoms with van der Waals surface area (Å²) >= 11 is 5.71. The quantitative estimate of drug-likeness (QED) is 0.460. The average Bonchev–Trinajstić information content (AvgIpc) is 2.91. The predicted octanol–water partition coefficient (Wildman–Crippen LogP) is 6.41. The molecule has 37 heavy (non-hydrogen) atoms. The molecule has 0 radical (unpaired) electrons. The number of nitrogens with one attached hydrogen (secondary N) is 1. The van der Waals surface area contributed by atoms with E-state index in [0.29, 0.717) is 16.5 Å². The van der Waals surface area contributed by atoms with Gasteiger partial charge in [-0.15, -0.1) is 0 Å². The normalized spacial score (nSPS) is 12.6. The predicted molar refractivity (Wildman–Crippen MR) is 152 cm³/mol. The van der Waals surface area contributed by atoms with E-state index in [4.69, 9.17) is 22.1 Å². The van der Waals surface area contributed by atoms with Crippen LogP contribution in [0.1, 0.15) is 59.4 Å². The molecule has 3 heterocycles. The summed E-state index contributed by atoms with van der Waals surface area (Å²) < 4.78 is 12.8. The van der Waals surface area contributed by atoms with Crippen LogP contribution >= 0.6 is 11.6 Å². The van der Waals surface area contributed by atoms with E-state index in [1.165, 1.54) is 30.2 Å². The van der Waals surface area contributed by atoms with Gasteiger partial charge in [-0.2, -0.15) is 0 Å². The van der Waals surface area contributed by atoms with Crippen LogP contribution in [-0.2, 0) is 4.79 Å². The first-order valence-electron chi connectivity index (χ1n) is 12.0. The third kappa shape index (κ3) is 16.8. The molecule has 10 heteroatoms. The van der Waals surface area contributed by atoms with Crippen molar-refractivity contribution in [2.45, 2.75) is 60.8 Å². The van der Waals surface area contributed by atoms with Crippen molar-refractivity contribution in [2.24, 2.45) is 5.73 Å². The zero-order valence-corrected chi connectivity index (χ0v) is 23.5. The van der Waals surface area contributed by atoms with E-state index in [9.17, 15) is 14.0 Å². The van der Waals surface area contributed by atoms with Gasteiger partial charge in [-0.3, -0.25) is 14.7 Å². The molecule has 1 aliphatic heterocycles. The summed E-state index contributed by atoms with van der Waals surface area (Å²) in [5.41, 5.74) is 6.75. The number of hydrogen-bond donors (Lipinski definition) is 2. The standard InChI is InChI=1S/C11H14ClN3O.C9H12N2O.C4H7F.C2H6.CH2O/c12-9-4-5-10(13-8-9)14-11(16)15-6-2-1-3-7-15;1-7-4-3-5-11(9(7)12)6-8(2)10;1-3-4(2)5;2*1-2/h4-5,8H,1-3,6-7H2,(H,13,14,16);3-6H,10H2,1-2H3;3H,1-2H3;1-2H3;1H2/b;8-6+;4-3+;;. The molecule has 1 fully saturated rings. The molecular formula is C27H41ClFN5O3. The first kappa shape index (κ1) is 35.7. The molecule has 0 spiro atoms. The number of aryl methyl sites for hydroxylation is 1. The van der Waals surface area contributed by atoms with Crippen molar-refractivity contribution in [3.8, 4) is 0 Å². The lowest BCUT2D eigenvalue weighted by atomic mass is 10.1. The zero-order valence-electron chi connectivity index (χ0n) is 22.8. The molecule has 0 aromatic carbocycles. The van der Waals surface area contributed by atoms with Gasteiger partial charge in [0.15, 0.2) is 0 Å². The number of pyridine rings is 2. The Bertz CT molecular complexity index is 1010. The number of amides is 2. The Kier molecular flexibility index (Phi) is 21.0. The smallest absolute Gasteiger partial charge is 0.323 e. The Morgan fingerprint density at radius 1 is 1.16 bits per heavy atom. The van der Waals surface area contributed by atoms with Crippen LogP contribution in [0.4, 0.5) is 15.0 Å². The van der Waals surface area contributed by atoms with E-state index in [1.54, 1.807) is 51.4 Å². The molecule has 2 aromatic heterocycles. The molecule has 1 aliphatic rings. The average molecular weight is 538 g/mol. The van der Waals surface area contributed by atoms with E-state index < -0.39 is 0 Å². The highest BCUT2D eigenvalue weighted by molar-refractivity contribution is 6.30. The number of halogens is 2. The molecular weight excluding hydrogens is 497 g/mol. The largest absolute Gasteiger partial charge is 0.401 e. The summed E-state index contributed by atoms with van der Waals surface area (Å²) in [5.74, 6) is 0.421. The maximum Gasteiger partial charge on any atom is 0.323 e. The molecule has 0 unspecified atom stereocenters. The number of urea groups is 1. The Labute approximate surface area is 225 Å². The molecule has 8 nitrogen and oxygen atoms in total. The van der Waals surface area contributed by atoms with Crippen molar-refractivity contribution in [3.05, 3.63) is 75.2 Å². The van der Waals surface area contributed by atoms with E-state index in [2.05, 4.69) is 10.3 Å². The van der Waals surface area contributed by atoms with Crippen molar-refractivity contribution in [1.29, 1.82) is 0 Å². The highest BCUT2D eigenvalue weighted by Crippen LogP contribution is 2.13. The van der Waals surface area contributed by atoms with Crippen LogP contribution in [0.15, 0.2) is 59.1 Å². The Morgan fingerprint density at radius 3 is 2.19 bits per heavy atom. The minimum atomic E-state index is -0.120. The van der Waals surface area contributed by atoms with E-state index in [-0.39, 0.29) is 17.4 Å². The number of rotatable bonds is 2. The minimum absolute atomic E-state index is 0.0256. The van der Waals surface area contributed by atoms with Gasteiger partial charge in [0.05, 0.1) is 10.8 Å². The van der Waals surface area contributed by atoms with E-state index in [0.717, 1.165) is 31.5 Å². The molecule has 206 valence electrons. The van der Waals surface area contributed by atoms with Crippen molar-refractivity contribution in [1.82, 2.24) is 14.5 Å². The van der Waals surface area contributed by atoms with Crippen LogP contribution < -0.4 is 16.6 Å². The number of piperidine rings is 1. The van der Waals surface area contributed by atoms with Crippen LogP contribution in [0.3, 0.4) is 0 Å². The SMILES string of the molecule is C/C(N)=C\n1cccc(C)c1=O.C/C=C(\C)F.C=O.CC.O=C(Nc1ccc(Cl)cn1)N1CCCCC1. The molecule has 0 atom stereocenters. The van der Waals surface area contributed by atoms with Crippen molar-refractivity contribution >= 4 is 36.4 Å². The van der Waals surface area contributed by atoms with Crippen molar-refractivity contribution < 1.29 is 14.0 Å². The fourth-order valence-electron chi connectivity index (χ4n) is 2.68. The third-order valence-electron chi connectivity index (χ3n) is 4.51. The topological polar surface area (TPSA) is 110 Å². The van der Waals surface area contributed by atoms with Gasteiger partial charge in [0, 0.05) is 42.9 Å². The Hall–Kier alpha value is -3.46. The van der Waals surface area contributed by atoms with Crippen LogP contribution in [0.2, 0.25) is 5.02 Å². The lowest BCUT2D eigenvalue weighted by Crippen LogP contribution is -2.38. The monoisotopic (exact) mass is 537 g/mol. The molecule has 3 rings (SSSR count). The lowest BCUT2D eigenvalue weighted by Gasteiger charge is -2.26. The number of carbonyl (C=O) groups is 2. The van der Waals surface area contributed by atoms with Gasteiger partial charge in [0.1, 0.15) is 12.6 Å². The van der Waals surface area contributed by atoms with Gasteiger partial charge < -0.3 is 15.4 Å². The highest BCUT2D eigenvalue weighted by Gasteiger charge is 2.16. The minimum Gasteiger partial charge on any atom is -0.401 e. The Balaban J connectivity index is 0. The number of allylic oxidation sites excluding steroid dienone is 3. The summed E-state index contributed by atoms with van der Waals surface area (Å²) in [6.45, 7) is 14.3. The van der Waals surface area contributed by atoms with Crippen LogP contribution in [-0.4, -0.2) is 40.4 Å². The fraction of sp³-hybridized carbons (Fsp3) is 0.407. The first-order valence-corrected chi connectivity index (χ1v) is 12.4. The number of likely N-dealkylation sites (tertiary alicyclic amines) is 1. The number of carbonyl (C=O) groups excluding carboxylic acids is 2. The fourth-order valence-corrected chi connectivity index (χ4v) is 2.79. The van der Waals surface area contributed by atoms with Crippen molar-refractivity contribution in [3.63, 3.8) is 0 Å². The summed E-state index contributed by atoms with van der Waals surface area (Å²) in [4.78, 5) is 37.0. The van der Waals surface area contributed by atoms with Crippen molar-refractivity contribution in [2.75, 3.05) is 18.4 Å². The Morgan fingerprint density at radius 2 is 1.73 bits per heavy atom. The summed E-state index contributed by atoms with van der Waals surface area (Å²) in [6, 6.07) is 6.92. The summed E-state index contributed by atoms with van der Waals surface area (Å²) in [5, 5.41) is 3.32. The molecule has 3 N–H and O–H groups in total. The second-order valence-electron chi connectivity index (χ2n) is 7.49. The van der Waals surface area contributed by atoms with Gasteiger partial charge in [-0.1, -0.05) is 37.6 Å². The second kappa shape index (κ2) is 21.8. The van der Waals surface area contributed by atoms with Gasteiger partial charge in [0.25, 0.3) is 5.56 Å². The molecule has 0 bridgehead atoms. The van der Waals surface area contributed by atoms with Crippen LogP contribution in [0, 0.1) is 6.92 Å². The maximum atomic E-state index is 11.8. The summed E-state index contributed by atoms with van der Waals surface area (Å²) in [7, 11) is 0.